The van der Waals surface area contributed by atoms with E-state index in [0.717, 1.165) is 11.4 Å². The summed E-state index contributed by atoms with van der Waals surface area (Å²) in [5, 5.41) is 4.35. The molecule has 1 aromatic carbocycles. The Bertz CT molecular complexity index is 545. The second-order valence-corrected chi connectivity index (χ2v) is 6.01. The van der Waals surface area contributed by atoms with E-state index in [4.69, 9.17) is 5.73 Å². The number of nitrogens with zero attached hydrogens (tertiary/aromatic N) is 2. The smallest absolute Gasteiger partial charge is 0.0862 e. The maximum Gasteiger partial charge on any atom is 0.0862 e. The number of nitrogens with two attached hydrogens (primary N) is 1. The lowest BCUT2D eigenvalue weighted by molar-refractivity contribution is 0.280. The van der Waals surface area contributed by atoms with Crippen molar-refractivity contribution in [1.29, 1.82) is 0 Å². The second kappa shape index (κ2) is 4.69. The summed E-state index contributed by atoms with van der Waals surface area (Å²) in [6.07, 6.45) is 3.91. The van der Waals surface area contributed by atoms with Gasteiger partial charge in [-0.3, -0.25) is 0 Å². The first kappa shape index (κ1) is 11.7. The van der Waals surface area contributed by atoms with E-state index < -0.39 is 0 Å². The van der Waals surface area contributed by atoms with Gasteiger partial charge in [0.25, 0.3) is 0 Å². The SMILES string of the molecule is Cc1snnc1[C@@H](c1cccc(N)c1)C1CCC1. The molecule has 2 N–H and O–H groups in total. The molecule has 1 aromatic heterocycles. The Morgan fingerprint density at radius 3 is 2.78 bits per heavy atom. The molecule has 94 valence electrons. The number of aromatic nitrogens is 2. The minimum atomic E-state index is 0.376. The molecule has 1 atom stereocenters. The monoisotopic (exact) mass is 259 g/mol. The van der Waals surface area contributed by atoms with Crippen LogP contribution in [0.25, 0.3) is 0 Å². The molecule has 2 aromatic rings. The topological polar surface area (TPSA) is 51.8 Å². The van der Waals surface area contributed by atoms with Gasteiger partial charge in [0.2, 0.25) is 0 Å². The molecular weight excluding hydrogens is 242 g/mol. The molecule has 1 aliphatic rings. The molecule has 0 saturated heterocycles. The highest BCUT2D eigenvalue weighted by molar-refractivity contribution is 7.05. The summed E-state index contributed by atoms with van der Waals surface area (Å²) in [5.41, 5.74) is 9.18. The number of anilines is 1. The van der Waals surface area contributed by atoms with Crippen LogP contribution in [0.1, 0.15) is 41.3 Å². The van der Waals surface area contributed by atoms with E-state index in [9.17, 15) is 0 Å². The normalized spacial score (nSPS) is 17.4. The van der Waals surface area contributed by atoms with E-state index in [2.05, 4.69) is 28.6 Å². The number of nitrogen functional groups attached to an aromatic ring is 1. The average Bonchev–Trinajstić information content (AvgIpc) is 2.69. The Kier molecular flexibility index (Phi) is 3.04. The summed E-state index contributed by atoms with van der Waals surface area (Å²) in [7, 11) is 0. The van der Waals surface area contributed by atoms with E-state index in [-0.39, 0.29) is 0 Å². The van der Waals surface area contributed by atoms with Gasteiger partial charge in [0, 0.05) is 16.5 Å². The van der Waals surface area contributed by atoms with E-state index in [0.29, 0.717) is 11.8 Å². The van der Waals surface area contributed by atoms with E-state index in [1.165, 1.54) is 41.2 Å². The van der Waals surface area contributed by atoms with Crippen molar-refractivity contribution in [1.82, 2.24) is 9.59 Å². The van der Waals surface area contributed by atoms with Crippen molar-refractivity contribution < 1.29 is 0 Å². The number of benzene rings is 1. The van der Waals surface area contributed by atoms with Crippen molar-refractivity contribution in [3.05, 3.63) is 40.4 Å². The zero-order chi connectivity index (χ0) is 12.5. The minimum Gasteiger partial charge on any atom is -0.399 e. The quantitative estimate of drug-likeness (QED) is 0.860. The Morgan fingerprint density at radius 2 is 2.22 bits per heavy atom. The first-order valence-corrected chi connectivity index (χ1v) is 7.17. The van der Waals surface area contributed by atoms with Gasteiger partial charge in [-0.2, -0.15) is 0 Å². The molecular formula is C14H17N3S. The Balaban J connectivity index is 2.03. The van der Waals surface area contributed by atoms with Gasteiger partial charge in [-0.1, -0.05) is 23.0 Å². The molecule has 1 heterocycles. The van der Waals surface area contributed by atoms with Crippen molar-refractivity contribution in [3.63, 3.8) is 0 Å². The fourth-order valence-corrected chi connectivity index (χ4v) is 3.22. The second-order valence-electron chi connectivity index (χ2n) is 5.05. The maximum atomic E-state index is 5.91. The molecule has 3 rings (SSSR count). The lowest BCUT2D eigenvalue weighted by Crippen LogP contribution is -2.22. The third-order valence-electron chi connectivity index (χ3n) is 3.87. The lowest BCUT2D eigenvalue weighted by Gasteiger charge is -2.33. The summed E-state index contributed by atoms with van der Waals surface area (Å²) < 4.78 is 4.09. The Labute approximate surface area is 111 Å². The predicted octanol–water partition coefficient (Wildman–Crippen LogP) is 3.36. The minimum absolute atomic E-state index is 0.376. The molecule has 0 unspecified atom stereocenters. The average molecular weight is 259 g/mol. The molecule has 3 nitrogen and oxygen atoms in total. The van der Waals surface area contributed by atoms with Gasteiger partial charge >= 0.3 is 0 Å². The van der Waals surface area contributed by atoms with Crippen LogP contribution in [0.15, 0.2) is 24.3 Å². The highest BCUT2D eigenvalue weighted by atomic mass is 32.1. The summed E-state index contributed by atoms with van der Waals surface area (Å²) in [6.45, 7) is 2.11. The van der Waals surface area contributed by atoms with E-state index >= 15 is 0 Å². The molecule has 0 aliphatic heterocycles. The van der Waals surface area contributed by atoms with Crippen molar-refractivity contribution in [2.45, 2.75) is 32.1 Å². The largest absolute Gasteiger partial charge is 0.399 e. The summed E-state index contributed by atoms with van der Waals surface area (Å²) >= 11 is 1.49. The summed E-state index contributed by atoms with van der Waals surface area (Å²) in [5.74, 6) is 1.08. The van der Waals surface area contributed by atoms with Gasteiger partial charge in [0.05, 0.1) is 5.69 Å². The number of aryl methyl sites for hydroxylation is 1. The van der Waals surface area contributed by atoms with Gasteiger partial charge in [-0.25, -0.2) is 0 Å². The third-order valence-corrected chi connectivity index (χ3v) is 4.52. The molecule has 0 bridgehead atoms. The Hall–Kier alpha value is -1.42. The highest BCUT2D eigenvalue weighted by Crippen LogP contribution is 2.44. The maximum absolute atomic E-state index is 5.91. The standard InChI is InChI=1S/C14H17N3S/c1-9-14(16-17-18-9)13(10-4-2-5-10)11-6-3-7-12(15)8-11/h3,6-8,10,13H,2,4-5,15H2,1H3/t13-/m1/s1. The van der Waals surface area contributed by atoms with Crippen LogP contribution in [0.3, 0.4) is 0 Å². The van der Waals surface area contributed by atoms with Gasteiger partial charge in [0.15, 0.2) is 0 Å². The van der Waals surface area contributed by atoms with Crippen molar-refractivity contribution in [2.24, 2.45) is 5.92 Å². The van der Waals surface area contributed by atoms with Gasteiger partial charge in [-0.15, -0.1) is 5.10 Å². The summed E-state index contributed by atoms with van der Waals surface area (Å²) in [6, 6.07) is 8.22. The van der Waals surface area contributed by atoms with E-state index in [1.54, 1.807) is 0 Å². The fraction of sp³-hybridized carbons (Fsp3) is 0.429. The van der Waals surface area contributed by atoms with Crippen LogP contribution in [-0.4, -0.2) is 9.59 Å². The van der Waals surface area contributed by atoms with Crippen LogP contribution in [-0.2, 0) is 0 Å². The van der Waals surface area contributed by atoms with E-state index in [1.807, 2.05) is 12.1 Å². The highest BCUT2D eigenvalue weighted by Gasteiger charge is 2.32. The van der Waals surface area contributed by atoms with Crippen LogP contribution in [0, 0.1) is 12.8 Å². The van der Waals surface area contributed by atoms with Crippen molar-refractivity contribution >= 4 is 17.2 Å². The molecule has 18 heavy (non-hydrogen) atoms. The van der Waals surface area contributed by atoms with Crippen LogP contribution in [0.5, 0.6) is 0 Å². The van der Waals surface area contributed by atoms with Crippen molar-refractivity contribution in [2.75, 3.05) is 5.73 Å². The molecule has 1 aliphatic carbocycles. The molecule has 0 amide bonds. The number of hydrogen-bond acceptors (Lipinski definition) is 4. The molecule has 1 fully saturated rings. The molecule has 0 radical (unpaired) electrons. The zero-order valence-electron chi connectivity index (χ0n) is 10.5. The first-order chi connectivity index (χ1) is 8.75. The lowest BCUT2D eigenvalue weighted by atomic mass is 9.71. The van der Waals surface area contributed by atoms with Gasteiger partial charge < -0.3 is 5.73 Å². The zero-order valence-corrected chi connectivity index (χ0v) is 11.3. The van der Waals surface area contributed by atoms with Crippen LogP contribution in [0.4, 0.5) is 5.69 Å². The van der Waals surface area contributed by atoms with Crippen molar-refractivity contribution in [3.8, 4) is 0 Å². The van der Waals surface area contributed by atoms with Gasteiger partial charge in [0.1, 0.15) is 0 Å². The van der Waals surface area contributed by atoms with Crippen LogP contribution < -0.4 is 5.73 Å². The molecule has 4 heteroatoms. The van der Waals surface area contributed by atoms with Gasteiger partial charge in [-0.05, 0) is 54.9 Å². The predicted molar refractivity (Wildman–Crippen MR) is 74.7 cm³/mol. The number of hydrogen-bond donors (Lipinski definition) is 1. The molecule has 0 spiro atoms. The fourth-order valence-electron chi connectivity index (χ4n) is 2.70. The Morgan fingerprint density at radius 1 is 1.39 bits per heavy atom. The first-order valence-electron chi connectivity index (χ1n) is 6.40. The van der Waals surface area contributed by atoms with Crippen LogP contribution >= 0.6 is 11.5 Å². The van der Waals surface area contributed by atoms with Crippen LogP contribution in [0.2, 0.25) is 0 Å². The number of rotatable bonds is 3. The molecule has 1 saturated carbocycles. The summed E-state index contributed by atoms with van der Waals surface area (Å²) in [4.78, 5) is 1.23. The third kappa shape index (κ3) is 2.01.